The lowest BCUT2D eigenvalue weighted by Gasteiger charge is -2.10. The summed E-state index contributed by atoms with van der Waals surface area (Å²) in [5.41, 5.74) is 8.29. The van der Waals surface area contributed by atoms with E-state index in [2.05, 4.69) is 10.6 Å². The summed E-state index contributed by atoms with van der Waals surface area (Å²) in [5, 5.41) is 6.75. The van der Waals surface area contributed by atoms with Crippen molar-refractivity contribution in [3.8, 4) is 0 Å². The Hall–Kier alpha value is -1.96. The summed E-state index contributed by atoms with van der Waals surface area (Å²) in [7, 11) is 0. The molecule has 1 aromatic carbocycles. The Bertz CT molecular complexity index is 892. The van der Waals surface area contributed by atoms with Crippen LogP contribution in [0.3, 0.4) is 0 Å². The summed E-state index contributed by atoms with van der Waals surface area (Å²) >= 11 is 12.7. The molecule has 1 aliphatic carbocycles. The Balaban J connectivity index is 1.74. The maximum absolute atomic E-state index is 12.3. The quantitative estimate of drug-likeness (QED) is 0.697. The lowest BCUT2D eigenvalue weighted by atomic mass is 10.1. The van der Waals surface area contributed by atoms with E-state index >= 15 is 0 Å². The zero-order valence-corrected chi connectivity index (χ0v) is 15.8. The predicted octanol–water partition coefficient (Wildman–Crippen LogP) is 3.42. The second kappa shape index (κ2) is 7.11. The molecule has 0 atom stereocenters. The summed E-state index contributed by atoms with van der Waals surface area (Å²) < 4.78 is 0. The van der Waals surface area contributed by atoms with Gasteiger partial charge in [-0.25, -0.2) is 0 Å². The number of primary amides is 1. The van der Waals surface area contributed by atoms with E-state index in [1.807, 2.05) is 6.92 Å². The first-order valence-corrected chi connectivity index (χ1v) is 9.30. The molecule has 1 aromatic heterocycles. The van der Waals surface area contributed by atoms with Crippen molar-refractivity contribution in [3.63, 3.8) is 0 Å². The second-order valence-corrected chi connectivity index (χ2v) is 7.72. The van der Waals surface area contributed by atoms with Crippen molar-refractivity contribution in [1.29, 1.82) is 0 Å². The fourth-order valence-corrected chi connectivity index (χ4v) is 4.54. The number of fused-ring (bicyclic) bond motifs is 1. The van der Waals surface area contributed by atoms with Crippen LogP contribution in [0.15, 0.2) is 18.2 Å². The van der Waals surface area contributed by atoms with Crippen LogP contribution in [-0.4, -0.2) is 16.9 Å². The molecule has 5 nitrogen and oxygen atoms in total. The van der Waals surface area contributed by atoms with Crippen LogP contribution < -0.4 is 16.4 Å². The van der Waals surface area contributed by atoms with Gasteiger partial charge in [0.1, 0.15) is 5.00 Å². The Labute approximate surface area is 159 Å². The molecule has 2 aromatic rings. The average Bonchev–Trinajstić information content (AvgIpc) is 3.09. The van der Waals surface area contributed by atoms with Crippen LogP contribution in [0.1, 0.15) is 43.1 Å². The Kier molecular flexibility index (Phi) is 5.08. The first-order valence-electron chi connectivity index (χ1n) is 7.69. The largest absolute Gasteiger partial charge is 0.365 e. The first kappa shape index (κ1) is 17.8. The van der Waals surface area contributed by atoms with Crippen LogP contribution in [-0.2, 0) is 12.8 Å². The molecule has 25 heavy (non-hydrogen) atoms. The van der Waals surface area contributed by atoms with Gasteiger partial charge in [-0.15, -0.1) is 11.3 Å². The van der Waals surface area contributed by atoms with Crippen LogP contribution in [0.2, 0.25) is 5.02 Å². The van der Waals surface area contributed by atoms with E-state index in [-0.39, 0.29) is 11.0 Å². The molecule has 0 aliphatic heterocycles. The minimum absolute atomic E-state index is 0.115. The summed E-state index contributed by atoms with van der Waals surface area (Å²) in [6.45, 7) is 1.86. The van der Waals surface area contributed by atoms with Crippen LogP contribution in [0.25, 0.3) is 0 Å². The van der Waals surface area contributed by atoms with Gasteiger partial charge in [0, 0.05) is 15.5 Å². The standard InChI is InChI=1S/C17H16ClN3O2S2/c1-8-5-6-9(7-11(8)18)15(23)20-17(24)21-16-13(14(19)22)10-3-2-4-12(10)25-16/h5-7H,2-4H2,1H3,(H2,19,22)(H2,20,21,23,24). The highest BCUT2D eigenvalue weighted by molar-refractivity contribution is 7.80. The number of thiocarbonyl (C=S) groups is 1. The van der Waals surface area contributed by atoms with E-state index in [0.29, 0.717) is 21.2 Å². The minimum atomic E-state index is -0.485. The highest BCUT2D eigenvalue weighted by Crippen LogP contribution is 2.38. The number of carbonyl (C=O) groups is 2. The molecule has 1 aliphatic rings. The van der Waals surface area contributed by atoms with Crippen molar-refractivity contribution in [2.45, 2.75) is 26.2 Å². The van der Waals surface area contributed by atoms with Gasteiger partial charge < -0.3 is 11.1 Å². The number of amides is 2. The highest BCUT2D eigenvalue weighted by atomic mass is 35.5. The number of benzene rings is 1. The fraction of sp³-hybridized carbons (Fsp3) is 0.235. The van der Waals surface area contributed by atoms with Crippen molar-refractivity contribution in [3.05, 3.63) is 50.4 Å². The van der Waals surface area contributed by atoms with Crippen LogP contribution >= 0.6 is 35.2 Å². The van der Waals surface area contributed by atoms with Gasteiger partial charge in [0.25, 0.3) is 11.8 Å². The van der Waals surface area contributed by atoms with E-state index in [1.165, 1.54) is 11.3 Å². The molecule has 1 heterocycles. The number of nitrogens with two attached hydrogens (primary N) is 1. The molecule has 0 radical (unpaired) electrons. The van der Waals surface area contributed by atoms with Gasteiger partial charge in [0.2, 0.25) is 0 Å². The molecule has 0 fully saturated rings. The van der Waals surface area contributed by atoms with E-state index in [4.69, 9.17) is 29.6 Å². The number of nitrogens with one attached hydrogen (secondary N) is 2. The van der Waals surface area contributed by atoms with Gasteiger partial charge in [-0.3, -0.25) is 14.9 Å². The van der Waals surface area contributed by atoms with Crippen molar-refractivity contribution in [2.24, 2.45) is 5.73 Å². The normalized spacial score (nSPS) is 12.6. The number of hydrogen-bond donors (Lipinski definition) is 3. The Morgan fingerprint density at radius 2 is 2.08 bits per heavy atom. The molecule has 3 rings (SSSR count). The van der Waals surface area contributed by atoms with E-state index < -0.39 is 5.91 Å². The molecule has 8 heteroatoms. The Morgan fingerprint density at radius 3 is 2.76 bits per heavy atom. The van der Waals surface area contributed by atoms with Crippen LogP contribution in [0, 0.1) is 6.92 Å². The maximum Gasteiger partial charge on any atom is 0.257 e. The molecular formula is C17H16ClN3O2S2. The third-order valence-corrected chi connectivity index (χ3v) is 5.87. The summed E-state index contributed by atoms with van der Waals surface area (Å²) in [6, 6.07) is 5.03. The molecule has 0 saturated heterocycles. The number of hydrogen-bond acceptors (Lipinski definition) is 4. The molecule has 0 unspecified atom stereocenters. The number of halogens is 1. The van der Waals surface area contributed by atoms with Crippen molar-refractivity contribution in [1.82, 2.24) is 5.32 Å². The number of thiophene rings is 1. The SMILES string of the molecule is Cc1ccc(C(=O)NC(=S)Nc2sc3c(c2C(N)=O)CCC3)cc1Cl. The van der Waals surface area contributed by atoms with Gasteiger partial charge in [-0.2, -0.15) is 0 Å². The molecule has 0 spiro atoms. The van der Waals surface area contributed by atoms with Gasteiger partial charge in [-0.1, -0.05) is 17.7 Å². The van der Waals surface area contributed by atoms with Gasteiger partial charge in [0.05, 0.1) is 5.56 Å². The monoisotopic (exact) mass is 393 g/mol. The molecule has 2 amide bonds. The summed E-state index contributed by atoms with van der Waals surface area (Å²) in [5.74, 6) is -0.856. The van der Waals surface area contributed by atoms with E-state index in [1.54, 1.807) is 18.2 Å². The van der Waals surface area contributed by atoms with Gasteiger partial charge >= 0.3 is 0 Å². The summed E-state index contributed by atoms with van der Waals surface area (Å²) in [6.07, 6.45) is 2.80. The fourth-order valence-electron chi connectivity index (χ4n) is 2.80. The average molecular weight is 394 g/mol. The lowest BCUT2D eigenvalue weighted by Crippen LogP contribution is -2.34. The Morgan fingerprint density at radius 1 is 1.32 bits per heavy atom. The van der Waals surface area contributed by atoms with Crippen LogP contribution in [0.5, 0.6) is 0 Å². The van der Waals surface area contributed by atoms with Crippen LogP contribution in [0.4, 0.5) is 5.00 Å². The summed E-state index contributed by atoms with van der Waals surface area (Å²) in [4.78, 5) is 25.2. The smallest absolute Gasteiger partial charge is 0.257 e. The van der Waals surface area contributed by atoms with Crippen molar-refractivity contribution in [2.75, 3.05) is 5.32 Å². The molecule has 0 bridgehead atoms. The third-order valence-electron chi connectivity index (χ3n) is 4.06. The highest BCUT2D eigenvalue weighted by Gasteiger charge is 2.25. The molecule has 130 valence electrons. The minimum Gasteiger partial charge on any atom is -0.365 e. The maximum atomic E-state index is 12.3. The zero-order valence-electron chi connectivity index (χ0n) is 13.4. The van der Waals surface area contributed by atoms with Crippen molar-refractivity contribution >= 4 is 57.1 Å². The second-order valence-electron chi connectivity index (χ2n) is 5.80. The number of aryl methyl sites for hydroxylation is 2. The lowest BCUT2D eigenvalue weighted by molar-refractivity contribution is 0.0975. The molecule has 0 saturated carbocycles. The van der Waals surface area contributed by atoms with E-state index in [9.17, 15) is 9.59 Å². The molecular weight excluding hydrogens is 378 g/mol. The van der Waals surface area contributed by atoms with Gasteiger partial charge in [0.15, 0.2) is 5.11 Å². The third kappa shape index (κ3) is 3.68. The zero-order chi connectivity index (χ0) is 18.1. The number of carbonyl (C=O) groups excluding carboxylic acids is 2. The van der Waals surface area contributed by atoms with Gasteiger partial charge in [-0.05, 0) is 61.7 Å². The first-order chi connectivity index (χ1) is 11.9. The predicted molar refractivity (Wildman–Crippen MR) is 105 cm³/mol. The van der Waals surface area contributed by atoms with E-state index in [0.717, 1.165) is 35.3 Å². The molecule has 4 N–H and O–H groups in total. The van der Waals surface area contributed by atoms with Crippen molar-refractivity contribution < 1.29 is 9.59 Å². The number of anilines is 1. The number of rotatable bonds is 3. The topological polar surface area (TPSA) is 84.2 Å².